The molecule has 0 unspecified atom stereocenters. The van der Waals surface area contributed by atoms with Crippen molar-refractivity contribution >= 4 is 23.2 Å². The van der Waals surface area contributed by atoms with Crippen LogP contribution in [0.3, 0.4) is 0 Å². The fourth-order valence-electron chi connectivity index (χ4n) is 4.40. The molecule has 190 valence electrons. The summed E-state index contributed by atoms with van der Waals surface area (Å²) in [5.41, 5.74) is 9.72. The van der Waals surface area contributed by atoms with E-state index >= 15 is 0 Å². The summed E-state index contributed by atoms with van der Waals surface area (Å²) < 4.78 is 10.9. The summed E-state index contributed by atoms with van der Waals surface area (Å²) >= 11 is 0. The minimum absolute atomic E-state index is 0.0561. The molecule has 0 atom stereocenters. The number of carbonyl (C=O) groups excluding carboxylic acids is 1. The second-order valence-corrected chi connectivity index (χ2v) is 9.16. The maximum atomic E-state index is 12.4. The van der Waals surface area contributed by atoms with E-state index in [4.69, 9.17) is 20.2 Å². The second kappa shape index (κ2) is 11.0. The van der Waals surface area contributed by atoms with Crippen LogP contribution in [0, 0.1) is 6.92 Å². The Morgan fingerprint density at radius 2 is 1.81 bits per heavy atom. The van der Waals surface area contributed by atoms with E-state index in [1.54, 1.807) is 0 Å². The molecule has 11 heteroatoms. The van der Waals surface area contributed by atoms with Gasteiger partial charge in [0.15, 0.2) is 17.3 Å². The van der Waals surface area contributed by atoms with Crippen molar-refractivity contribution in [3.63, 3.8) is 0 Å². The fraction of sp³-hybridized carbons (Fsp3) is 0.440. The third-order valence-corrected chi connectivity index (χ3v) is 6.37. The van der Waals surface area contributed by atoms with Crippen LogP contribution in [-0.4, -0.2) is 76.5 Å². The Balaban J connectivity index is 1.42. The number of nitrogens with one attached hydrogen (secondary N) is 3. The molecule has 0 bridgehead atoms. The highest BCUT2D eigenvalue weighted by atomic mass is 16.5. The van der Waals surface area contributed by atoms with Gasteiger partial charge in [-0.2, -0.15) is 5.10 Å². The lowest BCUT2D eigenvalue weighted by atomic mass is 10.1. The van der Waals surface area contributed by atoms with Crippen LogP contribution in [-0.2, 0) is 16.0 Å². The van der Waals surface area contributed by atoms with Crippen molar-refractivity contribution in [2.75, 3.05) is 50.2 Å². The van der Waals surface area contributed by atoms with Crippen molar-refractivity contribution in [2.45, 2.75) is 32.4 Å². The minimum Gasteiger partial charge on any atom is -0.381 e. The summed E-state index contributed by atoms with van der Waals surface area (Å²) in [5.74, 6) is 0.180. The topological polar surface area (TPSA) is 143 Å². The quantitative estimate of drug-likeness (QED) is 0.373. The SMILES string of the molecule is Cc1cc(-c2nc(C(N)=O)c(Nc3ccc(CN4CCOCC4)cc3)nc2NC2CCOCC2)n[nH]1. The van der Waals surface area contributed by atoms with Gasteiger partial charge in [0.1, 0.15) is 11.4 Å². The molecule has 2 fully saturated rings. The molecule has 5 N–H and O–H groups in total. The molecule has 2 aliphatic rings. The number of H-pyrrole nitrogens is 1. The van der Waals surface area contributed by atoms with Gasteiger partial charge < -0.3 is 25.8 Å². The standard InChI is InChI=1S/C25H32N8O3/c1-16-14-20(32-31-16)21-24(28-19-6-10-35-11-7-19)30-25(22(29-21)23(26)34)27-18-4-2-17(3-5-18)15-33-8-12-36-13-9-33/h2-5,14,19H,6-13,15H2,1H3,(H2,26,34)(H,31,32)(H2,27,28,30). The summed E-state index contributed by atoms with van der Waals surface area (Å²) in [5, 5.41) is 14.0. The number of amides is 1. The zero-order chi connectivity index (χ0) is 24.9. The molecule has 0 radical (unpaired) electrons. The van der Waals surface area contributed by atoms with E-state index in [-0.39, 0.29) is 11.7 Å². The number of primary amides is 1. The Hall–Kier alpha value is -3.54. The monoisotopic (exact) mass is 492 g/mol. The molecule has 2 saturated heterocycles. The maximum Gasteiger partial charge on any atom is 0.271 e. The third-order valence-electron chi connectivity index (χ3n) is 6.37. The number of hydrogen-bond acceptors (Lipinski definition) is 9. The van der Waals surface area contributed by atoms with Crippen molar-refractivity contribution in [3.05, 3.63) is 47.3 Å². The van der Waals surface area contributed by atoms with Crippen molar-refractivity contribution in [2.24, 2.45) is 5.73 Å². The van der Waals surface area contributed by atoms with Crippen LogP contribution < -0.4 is 16.4 Å². The second-order valence-electron chi connectivity index (χ2n) is 9.16. The van der Waals surface area contributed by atoms with E-state index in [1.165, 1.54) is 5.56 Å². The fourth-order valence-corrected chi connectivity index (χ4v) is 4.40. The predicted molar refractivity (Wildman–Crippen MR) is 136 cm³/mol. The van der Waals surface area contributed by atoms with E-state index in [2.05, 4.69) is 42.8 Å². The molecule has 0 aliphatic carbocycles. The molecule has 2 aromatic heterocycles. The van der Waals surface area contributed by atoms with Gasteiger partial charge >= 0.3 is 0 Å². The zero-order valence-corrected chi connectivity index (χ0v) is 20.4. The van der Waals surface area contributed by atoms with Gasteiger partial charge in [0.05, 0.1) is 13.2 Å². The highest BCUT2D eigenvalue weighted by Gasteiger charge is 2.23. The molecule has 4 heterocycles. The minimum atomic E-state index is -0.667. The Bertz CT molecular complexity index is 1180. The van der Waals surface area contributed by atoms with Crippen molar-refractivity contribution in [1.29, 1.82) is 0 Å². The molecule has 11 nitrogen and oxygen atoms in total. The Morgan fingerprint density at radius 1 is 1.08 bits per heavy atom. The summed E-state index contributed by atoms with van der Waals surface area (Å²) in [6.45, 7) is 7.55. The smallest absolute Gasteiger partial charge is 0.271 e. The average molecular weight is 493 g/mol. The highest BCUT2D eigenvalue weighted by Crippen LogP contribution is 2.30. The van der Waals surface area contributed by atoms with Gasteiger partial charge in [-0.15, -0.1) is 0 Å². The number of aromatic amines is 1. The maximum absolute atomic E-state index is 12.4. The van der Waals surface area contributed by atoms with Crippen LogP contribution in [0.25, 0.3) is 11.4 Å². The number of rotatable bonds is 8. The Kier molecular flexibility index (Phi) is 7.40. The van der Waals surface area contributed by atoms with E-state index in [9.17, 15) is 4.79 Å². The number of morpholine rings is 1. The molecule has 1 amide bonds. The van der Waals surface area contributed by atoms with Gasteiger partial charge in [-0.05, 0) is 43.5 Å². The molecule has 2 aliphatic heterocycles. The summed E-state index contributed by atoms with van der Waals surface area (Å²) in [6.07, 6.45) is 1.71. The number of anilines is 3. The van der Waals surface area contributed by atoms with Gasteiger partial charge in [0, 0.05) is 50.3 Å². The van der Waals surface area contributed by atoms with Crippen LogP contribution in [0.15, 0.2) is 30.3 Å². The molecular weight excluding hydrogens is 460 g/mol. The molecule has 1 aromatic carbocycles. The van der Waals surface area contributed by atoms with Crippen molar-refractivity contribution in [3.8, 4) is 11.4 Å². The summed E-state index contributed by atoms with van der Waals surface area (Å²) in [7, 11) is 0. The molecular formula is C25H32N8O3. The first kappa shape index (κ1) is 24.2. The molecule has 3 aromatic rings. The van der Waals surface area contributed by atoms with Gasteiger partial charge in [0.25, 0.3) is 5.91 Å². The number of nitrogens with zero attached hydrogens (tertiary/aromatic N) is 4. The molecule has 0 saturated carbocycles. The molecule has 0 spiro atoms. The van der Waals surface area contributed by atoms with Gasteiger partial charge in [-0.25, -0.2) is 9.97 Å². The first-order valence-corrected chi connectivity index (χ1v) is 12.3. The van der Waals surface area contributed by atoms with Gasteiger partial charge in [0.2, 0.25) is 0 Å². The van der Waals surface area contributed by atoms with E-state index in [0.717, 1.165) is 57.1 Å². The van der Waals surface area contributed by atoms with E-state index in [0.29, 0.717) is 36.2 Å². The lowest BCUT2D eigenvalue weighted by molar-refractivity contribution is 0.0342. The summed E-state index contributed by atoms with van der Waals surface area (Å²) in [6, 6.07) is 10.1. The third kappa shape index (κ3) is 5.81. The molecule has 5 rings (SSSR count). The van der Waals surface area contributed by atoms with Crippen LogP contribution in [0.5, 0.6) is 0 Å². The van der Waals surface area contributed by atoms with E-state index < -0.39 is 5.91 Å². The first-order valence-electron chi connectivity index (χ1n) is 12.3. The van der Waals surface area contributed by atoms with Crippen molar-refractivity contribution < 1.29 is 14.3 Å². The number of hydrogen-bond donors (Lipinski definition) is 4. The lowest BCUT2D eigenvalue weighted by Gasteiger charge is -2.26. The summed E-state index contributed by atoms with van der Waals surface area (Å²) in [4.78, 5) is 24.1. The van der Waals surface area contributed by atoms with Crippen LogP contribution in [0.2, 0.25) is 0 Å². The van der Waals surface area contributed by atoms with Crippen LogP contribution in [0.4, 0.5) is 17.3 Å². The normalized spacial score (nSPS) is 17.1. The number of aryl methyl sites for hydroxylation is 1. The first-order chi connectivity index (χ1) is 17.5. The number of nitrogens with two attached hydrogens (primary N) is 1. The van der Waals surface area contributed by atoms with Gasteiger partial charge in [-0.1, -0.05) is 12.1 Å². The predicted octanol–water partition coefficient (Wildman–Crippen LogP) is 2.44. The lowest BCUT2D eigenvalue weighted by Crippen LogP contribution is -2.35. The van der Waals surface area contributed by atoms with Crippen molar-refractivity contribution in [1.82, 2.24) is 25.1 Å². The number of ether oxygens (including phenoxy) is 2. The average Bonchev–Trinajstić information content (AvgIpc) is 3.32. The van der Waals surface area contributed by atoms with Crippen LogP contribution in [0.1, 0.15) is 34.6 Å². The Labute approximate surface area is 209 Å². The number of benzene rings is 1. The van der Waals surface area contributed by atoms with Crippen LogP contribution >= 0.6 is 0 Å². The van der Waals surface area contributed by atoms with Gasteiger partial charge in [-0.3, -0.25) is 14.8 Å². The molecule has 36 heavy (non-hydrogen) atoms. The number of carbonyl (C=O) groups is 1. The van der Waals surface area contributed by atoms with E-state index in [1.807, 2.05) is 25.1 Å². The number of aromatic nitrogens is 4. The Morgan fingerprint density at radius 3 is 2.47 bits per heavy atom. The highest BCUT2D eigenvalue weighted by molar-refractivity contribution is 5.97. The zero-order valence-electron chi connectivity index (χ0n) is 20.4. The largest absolute Gasteiger partial charge is 0.381 e.